The van der Waals surface area contributed by atoms with Crippen LogP contribution in [0.3, 0.4) is 0 Å². The van der Waals surface area contributed by atoms with Crippen LogP contribution in [0.25, 0.3) is 0 Å². The van der Waals surface area contributed by atoms with Gasteiger partial charge < -0.3 is 10.4 Å². The summed E-state index contributed by atoms with van der Waals surface area (Å²) in [5, 5.41) is 12.7. The summed E-state index contributed by atoms with van der Waals surface area (Å²) in [4.78, 5) is 11.9. The van der Waals surface area contributed by atoms with Crippen LogP contribution >= 0.6 is 0 Å². The van der Waals surface area contributed by atoms with E-state index in [-0.39, 0.29) is 5.91 Å². The zero-order chi connectivity index (χ0) is 14.1. The summed E-state index contributed by atoms with van der Waals surface area (Å²) in [6, 6.07) is 3.96. The van der Waals surface area contributed by atoms with Crippen LogP contribution in [0.4, 0.5) is 10.1 Å². The van der Waals surface area contributed by atoms with Gasteiger partial charge in [-0.25, -0.2) is 4.39 Å². The van der Waals surface area contributed by atoms with Crippen molar-refractivity contribution in [3.63, 3.8) is 0 Å². The van der Waals surface area contributed by atoms with Crippen molar-refractivity contribution in [3.8, 4) is 0 Å². The molecule has 100 valence electrons. The highest BCUT2D eigenvalue weighted by atomic mass is 19.1. The van der Waals surface area contributed by atoms with Crippen molar-refractivity contribution in [2.24, 2.45) is 5.41 Å². The minimum atomic E-state index is -1.22. The SMILES string of the molecule is CC(C)(C)C(=O)Nc1ccc(F)cc1C(C)(C)O. The summed E-state index contributed by atoms with van der Waals surface area (Å²) >= 11 is 0. The van der Waals surface area contributed by atoms with Crippen molar-refractivity contribution in [2.75, 3.05) is 5.32 Å². The summed E-state index contributed by atoms with van der Waals surface area (Å²) in [6.45, 7) is 8.46. The molecular weight excluding hydrogens is 233 g/mol. The second-order valence-corrected chi connectivity index (χ2v) is 5.95. The van der Waals surface area contributed by atoms with Crippen molar-refractivity contribution < 1.29 is 14.3 Å². The lowest BCUT2D eigenvalue weighted by atomic mass is 9.93. The first kappa shape index (κ1) is 14.6. The van der Waals surface area contributed by atoms with Gasteiger partial charge in [0.2, 0.25) is 5.91 Å². The molecule has 0 unspecified atom stereocenters. The van der Waals surface area contributed by atoms with E-state index in [0.717, 1.165) is 0 Å². The first-order chi connectivity index (χ1) is 8.01. The summed E-state index contributed by atoms with van der Waals surface area (Å²) < 4.78 is 13.2. The molecule has 0 bridgehead atoms. The summed E-state index contributed by atoms with van der Waals surface area (Å²) in [5.41, 5.74) is -0.975. The minimum Gasteiger partial charge on any atom is -0.386 e. The number of carbonyl (C=O) groups is 1. The normalized spacial score (nSPS) is 12.4. The maximum absolute atomic E-state index is 13.2. The number of rotatable bonds is 2. The Bertz CT molecular complexity index is 456. The van der Waals surface area contributed by atoms with E-state index < -0.39 is 16.8 Å². The zero-order valence-electron chi connectivity index (χ0n) is 11.5. The molecule has 3 nitrogen and oxygen atoms in total. The smallest absolute Gasteiger partial charge is 0.229 e. The van der Waals surface area contributed by atoms with Gasteiger partial charge in [0.25, 0.3) is 0 Å². The molecule has 1 amide bonds. The van der Waals surface area contributed by atoms with E-state index in [4.69, 9.17) is 0 Å². The largest absolute Gasteiger partial charge is 0.386 e. The Balaban J connectivity index is 3.14. The Hall–Kier alpha value is -1.42. The Morgan fingerprint density at radius 3 is 2.22 bits per heavy atom. The molecule has 0 atom stereocenters. The lowest BCUT2D eigenvalue weighted by Crippen LogP contribution is -2.29. The molecule has 0 spiro atoms. The number of aliphatic hydroxyl groups is 1. The molecule has 1 aromatic carbocycles. The van der Waals surface area contributed by atoms with Crippen LogP contribution in [0.2, 0.25) is 0 Å². The Morgan fingerprint density at radius 1 is 1.22 bits per heavy atom. The molecule has 0 aliphatic heterocycles. The number of halogens is 1. The Kier molecular flexibility index (Phi) is 3.81. The molecule has 0 saturated heterocycles. The first-order valence-corrected chi connectivity index (χ1v) is 5.85. The average Bonchev–Trinajstić information content (AvgIpc) is 2.17. The number of nitrogens with one attached hydrogen (secondary N) is 1. The fourth-order valence-corrected chi connectivity index (χ4v) is 1.44. The Labute approximate surface area is 107 Å². The minimum absolute atomic E-state index is 0.181. The molecule has 0 radical (unpaired) electrons. The number of hydrogen-bond acceptors (Lipinski definition) is 2. The molecule has 4 heteroatoms. The molecule has 2 N–H and O–H groups in total. The van der Waals surface area contributed by atoms with Gasteiger partial charge in [-0.15, -0.1) is 0 Å². The van der Waals surface area contributed by atoms with Crippen LogP contribution < -0.4 is 5.32 Å². The molecule has 0 saturated carbocycles. The first-order valence-electron chi connectivity index (χ1n) is 5.85. The van der Waals surface area contributed by atoms with Gasteiger partial charge in [-0.05, 0) is 32.0 Å². The second-order valence-electron chi connectivity index (χ2n) is 5.95. The third-order valence-corrected chi connectivity index (χ3v) is 2.57. The average molecular weight is 253 g/mol. The van der Waals surface area contributed by atoms with Gasteiger partial charge in [-0.2, -0.15) is 0 Å². The van der Waals surface area contributed by atoms with Crippen LogP contribution in [0.5, 0.6) is 0 Å². The van der Waals surface area contributed by atoms with Crippen molar-refractivity contribution in [2.45, 2.75) is 40.2 Å². The Morgan fingerprint density at radius 2 is 1.78 bits per heavy atom. The van der Waals surface area contributed by atoms with E-state index in [0.29, 0.717) is 11.3 Å². The summed E-state index contributed by atoms with van der Waals surface area (Å²) in [7, 11) is 0. The van der Waals surface area contributed by atoms with Gasteiger partial charge in [-0.3, -0.25) is 4.79 Å². The molecular formula is C14H20FNO2. The van der Waals surface area contributed by atoms with Gasteiger partial charge in [0.1, 0.15) is 5.82 Å². The summed E-state index contributed by atoms with van der Waals surface area (Å²) in [6.07, 6.45) is 0. The number of benzene rings is 1. The molecule has 0 aliphatic carbocycles. The van der Waals surface area contributed by atoms with E-state index in [1.165, 1.54) is 18.2 Å². The molecule has 1 aromatic rings. The predicted octanol–water partition coefficient (Wildman–Crippen LogP) is 3.04. The quantitative estimate of drug-likeness (QED) is 0.851. The fraction of sp³-hybridized carbons (Fsp3) is 0.500. The zero-order valence-corrected chi connectivity index (χ0v) is 11.5. The van der Waals surface area contributed by atoms with Crippen molar-refractivity contribution in [1.29, 1.82) is 0 Å². The van der Waals surface area contributed by atoms with Gasteiger partial charge in [-0.1, -0.05) is 20.8 Å². The standard InChI is InChI=1S/C14H20FNO2/c1-13(2,3)12(17)16-11-7-6-9(15)8-10(11)14(4,5)18/h6-8,18H,1-5H3,(H,16,17). The lowest BCUT2D eigenvalue weighted by molar-refractivity contribution is -0.123. The predicted molar refractivity (Wildman–Crippen MR) is 69.7 cm³/mol. The van der Waals surface area contributed by atoms with E-state index in [9.17, 15) is 14.3 Å². The number of hydrogen-bond donors (Lipinski definition) is 2. The summed E-state index contributed by atoms with van der Waals surface area (Å²) in [5.74, 6) is -0.625. The maximum atomic E-state index is 13.2. The monoisotopic (exact) mass is 253 g/mol. The lowest BCUT2D eigenvalue weighted by Gasteiger charge is -2.24. The van der Waals surface area contributed by atoms with E-state index in [1.807, 2.05) is 0 Å². The van der Waals surface area contributed by atoms with E-state index in [2.05, 4.69) is 5.32 Å². The highest BCUT2D eigenvalue weighted by Crippen LogP contribution is 2.29. The fourth-order valence-electron chi connectivity index (χ4n) is 1.44. The highest BCUT2D eigenvalue weighted by Gasteiger charge is 2.25. The topological polar surface area (TPSA) is 49.3 Å². The highest BCUT2D eigenvalue weighted by molar-refractivity contribution is 5.95. The van der Waals surface area contributed by atoms with Crippen molar-refractivity contribution >= 4 is 11.6 Å². The van der Waals surface area contributed by atoms with E-state index in [1.54, 1.807) is 34.6 Å². The van der Waals surface area contributed by atoms with Crippen LogP contribution in [-0.2, 0) is 10.4 Å². The van der Waals surface area contributed by atoms with Crippen molar-refractivity contribution in [3.05, 3.63) is 29.6 Å². The van der Waals surface area contributed by atoms with Crippen LogP contribution in [0.1, 0.15) is 40.2 Å². The molecule has 0 aliphatic rings. The number of anilines is 1. The third-order valence-electron chi connectivity index (χ3n) is 2.57. The van der Waals surface area contributed by atoms with Crippen LogP contribution in [0, 0.1) is 11.2 Å². The number of amides is 1. The third kappa shape index (κ3) is 3.53. The van der Waals surface area contributed by atoms with Gasteiger partial charge in [0.05, 0.1) is 5.60 Å². The molecule has 1 rings (SSSR count). The van der Waals surface area contributed by atoms with Gasteiger partial charge in [0, 0.05) is 16.7 Å². The molecule has 0 aromatic heterocycles. The van der Waals surface area contributed by atoms with Gasteiger partial charge in [0.15, 0.2) is 0 Å². The van der Waals surface area contributed by atoms with E-state index >= 15 is 0 Å². The van der Waals surface area contributed by atoms with Crippen molar-refractivity contribution in [1.82, 2.24) is 0 Å². The number of carbonyl (C=O) groups excluding carboxylic acids is 1. The molecule has 0 heterocycles. The second kappa shape index (κ2) is 4.69. The van der Waals surface area contributed by atoms with Crippen LogP contribution in [0.15, 0.2) is 18.2 Å². The molecule has 18 heavy (non-hydrogen) atoms. The van der Waals surface area contributed by atoms with Gasteiger partial charge >= 0.3 is 0 Å². The molecule has 0 fully saturated rings. The van der Waals surface area contributed by atoms with Crippen LogP contribution in [-0.4, -0.2) is 11.0 Å². The maximum Gasteiger partial charge on any atom is 0.229 e.